The maximum absolute atomic E-state index is 13.0. The molecule has 3 heteroatoms. The van der Waals surface area contributed by atoms with Crippen LogP contribution in [0.5, 0.6) is 0 Å². The molecule has 1 saturated carbocycles. The van der Waals surface area contributed by atoms with E-state index in [1.54, 1.807) is 0 Å². The second kappa shape index (κ2) is 5.92. The number of carbonyl (C=O) groups excluding carboxylic acids is 1. The van der Waals surface area contributed by atoms with Gasteiger partial charge in [0.25, 0.3) is 5.91 Å². The molecule has 3 rings (SSSR count). The van der Waals surface area contributed by atoms with E-state index in [-0.39, 0.29) is 5.91 Å². The molecule has 1 fully saturated rings. The van der Waals surface area contributed by atoms with E-state index in [0.717, 1.165) is 35.9 Å². The fourth-order valence-corrected chi connectivity index (χ4v) is 3.41. The molecular weight excluding hydrogens is 260 g/mol. The molecular formula is C18H24N2O. The van der Waals surface area contributed by atoms with Crippen molar-refractivity contribution >= 4 is 16.8 Å². The number of nitrogens with one attached hydrogen (secondary N) is 1. The monoisotopic (exact) mass is 284 g/mol. The molecule has 1 aromatic heterocycles. The van der Waals surface area contributed by atoms with Gasteiger partial charge in [0, 0.05) is 29.7 Å². The van der Waals surface area contributed by atoms with Crippen LogP contribution in [0, 0.1) is 5.92 Å². The predicted molar refractivity (Wildman–Crippen MR) is 86.4 cm³/mol. The average molecular weight is 284 g/mol. The molecule has 0 bridgehead atoms. The summed E-state index contributed by atoms with van der Waals surface area (Å²) >= 11 is 0. The highest BCUT2D eigenvalue weighted by molar-refractivity contribution is 6.06. The Morgan fingerprint density at radius 2 is 2.00 bits per heavy atom. The summed E-state index contributed by atoms with van der Waals surface area (Å²) < 4.78 is 0. The topological polar surface area (TPSA) is 36.1 Å². The summed E-state index contributed by atoms with van der Waals surface area (Å²) in [6.07, 6.45) is 6.68. The van der Waals surface area contributed by atoms with Crippen molar-refractivity contribution < 1.29 is 4.79 Å². The van der Waals surface area contributed by atoms with Crippen molar-refractivity contribution in [3.8, 4) is 0 Å². The average Bonchev–Trinajstić information content (AvgIpc) is 3.13. The Morgan fingerprint density at radius 1 is 1.29 bits per heavy atom. The number of H-pyrrole nitrogens is 1. The van der Waals surface area contributed by atoms with Crippen LogP contribution in [0.25, 0.3) is 10.9 Å². The van der Waals surface area contributed by atoms with Crippen molar-refractivity contribution in [1.29, 1.82) is 0 Å². The maximum Gasteiger partial charge on any atom is 0.256 e. The summed E-state index contributed by atoms with van der Waals surface area (Å²) in [7, 11) is 0. The van der Waals surface area contributed by atoms with Gasteiger partial charge in [-0.25, -0.2) is 0 Å². The van der Waals surface area contributed by atoms with Gasteiger partial charge in [0.15, 0.2) is 0 Å². The Bertz CT molecular complexity index is 623. The summed E-state index contributed by atoms with van der Waals surface area (Å²) in [4.78, 5) is 18.4. The standard InChI is InChI=1S/C18H24N2O/c1-13(2)12-20(14-7-3-4-8-14)18(21)16-11-19-17-10-6-5-9-15(16)17/h5-6,9-11,13-14,19H,3-4,7-8,12H2,1-2H3. The molecule has 1 N–H and O–H groups in total. The lowest BCUT2D eigenvalue weighted by Crippen LogP contribution is -2.41. The van der Waals surface area contributed by atoms with Crippen LogP contribution >= 0.6 is 0 Å². The molecule has 1 aromatic carbocycles. The van der Waals surface area contributed by atoms with Gasteiger partial charge in [-0.05, 0) is 24.8 Å². The van der Waals surface area contributed by atoms with Crippen LogP contribution in [-0.2, 0) is 0 Å². The number of para-hydroxylation sites is 1. The molecule has 0 radical (unpaired) electrons. The highest BCUT2D eigenvalue weighted by atomic mass is 16.2. The minimum Gasteiger partial charge on any atom is -0.360 e. The first kappa shape index (κ1) is 14.2. The first-order valence-corrected chi connectivity index (χ1v) is 8.04. The molecule has 0 saturated heterocycles. The van der Waals surface area contributed by atoms with Crippen LogP contribution in [0.2, 0.25) is 0 Å². The third-order valence-corrected chi connectivity index (χ3v) is 4.41. The fourth-order valence-electron chi connectivity index (χ4n) is 3.41. The number of aromatic amines is 1. The molecule has 112 valence electrons. The van der Waals surface area contributed by atoms with Crippen LogP contribution < -0.4 is 0 Å². The second-order valence-electron chi connectivity index (χ2n) is 6.54. The van der Waals surface area contributed by atoms with Gasteiger partial charge in [-0.3, -0.25) is 4.79 Å². The molecule has 0 spiro atoms. The van der Waals surface area contributed by atoms with Crippen molar-refractivity contribution in [3.05, 3.63) is 36.0 Å². The number of nitrogens with zero attached hydrogens (tertiary/aromatic N) is 1. The third-order valence-electron chi connectivity index (χ3n) is 4.41. The van der Waals surface area contributed by atoms with Crippen molar-refractivity contribution in [2.24, 2.45) is 5.92 Å². The zero-order chi connectivity index (χ0) is 14.8. The van der Waals surface area contributed by atoms with E-state index in [9.17, 15) is 4.79 Å². The van der Waals surface area contributed by atoms with E-state index < -0.39 is 0 Å². The summed E-state index contributed by atoms with van der Waals surface area (Å²) in [6, 6.07) is 8.47. The number of aromatic nitrogens is 1. The zero-order valence-electron chi connectivity index (χ0n) is 12.9. The fraction of sp³-hybridized carbons (Fsp3) is 0.500. The van der Waals surface area contributed by atoms with Gasteiger partial charge in [0.05, 0.1) is 5.56 Å². The lowest BCUT2D eigenvalue weighted by atomic mass is 10.1. The number of carbonyl (C=O) groups is 1. The normalized spacial score (nSPS) is 16.0. The SMILES string of the molecule is CC(C)CN(C(=O)c1c[nH]c2ccccc12)C1CCCC1. The Morgan fingerprint density at radius 3 is 2.71 bits per heavy atom. The molecule has 1 heterocycles. The van der Waals surface area contributed by atoms with Crippen LogP contribution in [-0.4, -0.2) is 28.4 Å². The van der Waals surface area contributed by atoms with E-state index in [2.05, 4.69) is 23.7 Å². The Kier molecular flexibility index (Phi) is 4.00. The summed E-state index contributed by atoms with van der Waals surface area (Å²) in [5, 5.41) is 1.04. The van der Waals surface area contributed by atoms with Gasteiger partial charge >= 0.3 is 0 Å². The third kappa shape index (κ3) is 2.82. The van der Waals surface area contributed by atoms with Crippen molar-refractivity contribution in [2.75, 3.05) is 6.54 Å². The van der Waals surface area contributed by atoms with Crippen molar-refractivity contribution in [3.63, 3.8) is 0 Å². The van der Waals surface area contributed by atoms with Gasteiger partial charge in [0.2, 0.25) is 0 Å². The summed E-state index contributed by atoms with van der Waals surface area (Å²) in [5.74, 6) is 0.688. The van der Waals surface area contributed by atoms with Crippen LogP contribution in [0.15, 0.2) is 30.5 Å². The number of benzene rings is 1. The van der Waals surface area contributed by atoms with Gasteiger partial charge in [-0.15, -0.1) is 0 Å². The van der Waals surface area contributed by atoms with Crippen molar-refractivity contribution in [1.82, 2.24) is 9.88 Å². The second-order valence-corrected chi connectivity index (χ2v) is 6.54. The lowest BCUT2D eigenvalue weighted by Gasteiger charge is -2.30. The molecule has 1 aliphatic carbocycles. The number of fused-ring (bicyclic) bond motifs is 1. The lowest BCUT2D eigenvalue weighted by molar-refractivity contribution is 0.0657. The molecule has 1 amide bonds. The van der Waals surface area contributed by atoms with Crippen molar-refractivity contribution in [2.45, 2.75) is 45.6 Å². The van der Waals surface area contributed by atoms with Gasteiger partial charge in [-0.1, -0.05) is 44.9 Å². The Hall–Kier alpha value is -1.77. The molecule has 1 aliphatic rings. The van der Waals surface area contributed by atoms with Crippen LogP contribution in [0.3, 0.4) is 0 Å². The number of amides is 1. The molecule has 21 heavy (non-hydrogen) atoms. The first-order chi connectivity index (χ1) is 10.2. The minimum absolute atomic E-state index is 0.188. The quantitative estimate of drug-likeness (QED) is 0.897. The first-order valence-electron chi connectivity index (χ1n) is 8.04. The Labute approximate surface area is 126 Å². The molecule has 3 nitrogen and oxygen atoms in total. The summed E-state index contributed by atoms with van der Waals surface area (Å²) in [5.41, 5.74) is 1.86. The summed E-state index contributed by atoms with van der Waals surface area (Å²) in [6.45, 7) is 5.22. The highest BCUT2D eigenvalue weighted by Gasteiger charge is 2.29. The number of hydrogen-bond acceptors (Lipinski definition) is 1. The van der Waals surface area contributed by atoms with Gasteiger partial charge < -0.3 is 9.88 Å². The smallest absolute Gasteiger partial charge is 0.256 e. The molecule has 0 aliphatic heterocycles. The Balaban J connectivity index is 1.92. The molecule has 0 atom stereocenters. The highest BCUT2D eigenvalue weighted by Crippen LogP contribution is 2.27. The van der Waals surface area contributed by atoms with E-state index in [1.807, 2.05) is 30.5 Å². The molecule has 0 unspecified atom stereocenters. The maximum atomic E-state index is 13.0. The van der Waals surface area contributed by atoms with E-state index >= 15 is 0 Å². The predicted octanol–water partition coefficient (Wildman–Crippen LogP) is 4.21. The van der Waals surface area contributed by atoms with Crippen LogP contribution in [0.4, 0.5) is 0 Å². The van der Waals surface area contributed by atoms with E-state index in [0.29, 0.717) is 12.0 Å². The van der Waals surface area contributed by atoms with E-state index in [1.165, 1.54) is 12.8 Å². The van der Waals surface area contributed by atoms with Gasteiger partial charge in [-0.2, -0.15) is 0 Å². The van der Waals surface area contributed by atoms with Gasteiger partial charge in [0.1, 0.15) is 0 Å². The van der Waals surface area contributed by atoms with Crippen LogP contribution in [0.1, 0.15) is 49.9 Å². The zero-order valence-corrected chi connectivity index (χ0v) is 12.9. The number of hydrogen-bond donors (Lipinski definition) is 1. The largest absolute Gasteiger partial charge is 0.360 e. The van der Waals surface area contributed by atoms with E-state index in [4.69, 9.17) is 0 Å². The minimum atomic E-state index is 0.188. The molecule has 2 aromatic rings. The number of rotatable bonds is 4.